The molecule has 17 heavy (non-hydrogen) atoms. The van der Waals surface area contributed by atoms with Crippen LogP contribution in [0.2, 0.25) is 0 Å². The predicted octanol–water partition coefficient (Wildman–Crippen LogP) is 5.51. The van der Waals surface area contributed by atoms with Gasteiger partial charge >= 0.3 is 0 Å². The normalized spacial score (nSPS) is 39.2. The van der Waals surface area contributed by atoms with E-state index in [0.29, 0.717) is 0 Å². The van der Waals surface area contributed by atoms with E-state index in [2.05, 4.69) is 6.92 Å². The third-order valence-corrected chi connectivity index (χ3v) is 5.23. The Hall–Kier alpha value is -0.0700. The molecule has 0 amide bonds. The predicted molar refractivity (Wildman–Crippen MR) is 71.8 cm³/mol. The Bertz CT molecular complexity index is 198. The molecule has 0 unspecified atom stereocenters. The van der Waals surface area contributed by atoms with Crippen molar-refractivity contribution in [1.82, 2.24) is 0 Å². The SMILES string of the molecule is CCCCC1CCC(C2CCC(F)CC2)CC1. The average molecular weight is 240 g/mol. The number of unbranched alkanes of at least 4 members (excludes halogenated alkanes) is 1. The van der Waals surface area contributed by atoms with Crippen molar-refractivity contribution < 1.29 is 4.39 Å². The molecule has 0 N–H and O–H groups in total. The van der Waals surface area contributed by atoms with E-state index in [1.54, 1.807) is 0 Å². The molecule has 0 bridgehead atoms. The lowest BCUT2D eigenvalue weighted by molar-refractivity contribution is 0.126. The fraction of sp³-hybridized carbons (Fsp3) is 1.00. The Balaban J connectivity index is 1.68. The summed E-state index contributed by atoms with van der Waals surface area (Å²) in [6.07, 6.45) is 13.6. The maximum absolute atomic E-state index is 13.1. The zero-order valence-corrected chi connectivity index (χ0v) is 11.5. The molecule has 0 radical (unpaired) electrons. The summed E-state index contributed by atoms with van der Waals surface area (Å²) in [6.45, 7) is 2.29. The molecule has 0 aliphatic heterocycles. The van der Waals surface area contributed by atoms with Crippen LogP contribution >= 0.6 is 0 Å². The summed E-state index contributed by atoms with van der Waals surface area (Å²) in [7, 11) is 0. The summed E-state index contributed by atoms with van der Waals surface area (Å²) in [5, 5.41) is 0. The maximum atomic E-state index is 13.1. The first-order valence-corrected chi connectivity index (χ1v) is 7.93. The highest BCUT2D eigenvalue weighted by Gasteiger charge is 2.30. The Morgan fingerprint density at radius 3 is 1.88 bits per heavy atom. The number of hydrogen-bond acceptors (Lipinski definition) is 0. The summed E-state index contributed by atoms with van der Waals surface area (Å²) in [5.41, 5.74) is 0. The van der Waals surface area contributed by atoms with Crippen LogP contribution in [-0.2, 0) is 0 Å². The monoisotopic (exact) mass is 240 g/mol. The topological polar surface area (TPSA) is 0 Å². The summed E-state index contributed by atoms with van der Waals surface area (Å²) >= 11 is 0. The molecule has 0 nitrogen and oxygen atoms in total. The minimum atomic E-state index is -0.479. The molecule has 0 heterocycles. The molecule has 2 saturated carbocycles. The Morgan fingerprint density at radius 1 is 0.824 bits per heavy atom. The van der Waals surface area contributed by atoms with Crippen LogP contribution in [0.5, 0.6) is 0 Å². The molecule has 2 rings (SSSR count). The van der Waals surface area contributed by atoms with E-state index in [1.165, 1.54) is 57.8 Å². The molecule has 0 spiro atoms. The second-order valence-corrected chi connectivity index (χ2v) is 6.44. The van der Waals surface area contributed by atoms with E-state index in [1.807, 2.05) is 0 Å². The quantitative estimate of drug-likeness (QED) is 0.607. The van der Waals surface area contributed by atoms with Crippen LogP contribution in [0, 0.1) is 17.8 Å². The lowest BCUT2D eigenvalue weighted by Crippen LogP contribution is -2.26. The smallest absolute Gasteiger partial charge is 0.100 e. The van der Waals surface area contributed by atoms with Gasteiger partial charge in [0.2, 0.25) is 0 Å². The van der Waals surface area contributed by atoms with Crippen molar-refractivity contribution in [3.63, 3.8) is 0 Å². The number of alkyl halides is 1. The van der Waals surface area contributed by atoms with Crippen molar-refractivity contribution in [2.75, 3.05) is 0 Å². The molecule has 0 aromatic heterocycles. The van der Waals surface area contributed by atoms with Gasteiger partial charge in [0.15, 0.2) is 0 Å². The summed E-state index contributed by atoms with van der Waals surface area (Å²) in [5.74, 6) is 2.83. The van der Waals surface area contributed by atoms with Crippen LogP contribution in [0.3, 0.4) is 0 Å². The van der Waals surface area contributed by atoms with Gasteiger partial charge in [-0.1, -0.05) is 39.0 Å². The minimum absolute atomic E-state index is 0.479. The van der Waals surface area contributed by atoms with E-state index in [-0.39, 0.29) is 0 Å². The van der Waals surface area contributed by atoms with Gasteiger partial charge in [0.25, 0.3) is 0 Å². The van der Waals surface area contributed by atoms with Crippen molar-refractivity contribution >= 4 is 0 Å². The lowest BCUT2D eigenvalue weighted by Gasteiger charge is -2.36. The van der Waals surface area contributed by atoms with Crippen molar-refractivity contribution in [1.29, 1.82) is 0 Å². The third kappa shape index (κ3) is 3.96. The van der Waals surface area contributed by atoms with Crippen molar-refractivity contribution in [2.45, 2.75) is 83.7 Å². The molecule has 0 aromatic rings. The van der Waals surface area contributed by atoms with Crippen LogP contribution in [0.1, 0.15) is 77.6 Å². The third-order valence-electron chi connectivity index (χ3n) is 5.23. The van der Waals surface area contributed by atoms with Crippen molar-refractivity contribution in [2.24, 2.45) is 17.8 Å². The zero-order chi connectivity index (χ0) is 12.1. The molecule has 2 aliphatic rings. The van der Waals surface area contributed by atoms with Gasteiger partial charge in [0.05, 0.1) is 0 Å². The highest BCUT2D eigenvalue weighted by atomic mass is 19.1. The first-order chi connectivity index (χ1) is 8.29. The minimum Gasteiger partial charge on any atom is -0.247 e. The molecular weight excluding hydrogens is 211 g/mol. The zero-order valence-electron chi connectivity index (χ0n) is 11.5. The summed E-state index contributed by atoms with van der Waals surface area (Å²) in [4.78, 5) is 0. The van der Waals surface area contributed by atoms with Gasteiger partial charge < -0.3 is 0 Å². The highest BCUT2D eigenvalue weighted by molar-refractivity contribution is 4.81. The molecule has 0 atom stereocenters. The van der Waals surface area contributed by atoms with Crippen LogP contribution in [0.25, 0.3) is 0 Å². The maximum Gasteiger partial charge on any atom is 0.100 e. The highest BCUT2D eigenvalue weighted by Crippen LogP contribution is 2.41. The second kappa shape index (κ2) is 6.75. The average Bonchev–Trinajstić information content (AvgIpc) is 2.38. The summed E-state index contributed by atoms with van der Waals surface area (Å²) in [6, 6.07) is 0. The lowest BCUT2D eigenvalue weighted by atomic mass is 9.70. The van der Waals surface area contributed by atoms with E-state index >= 15 is 0 Å². The van der Waals surface area contributed by atoms with Gasteiger partial charge in [-0.25, -0.2) is 4.39 Å². The van der Waals surface area contributed by atoms with Gasteiger partial charge in [0.1, 0.15) is 6.17 Å². The molecule has 1 heteroatoms. The summed E-state index contributed by atoms with van der Waals surface area (Å²) < 4.78 is 13.1. The van der Waals surface area contributed by atoms with Gasteiger partial charge in [-0.15, -0.1) is 0 Å². The number of hydrogen-bond donors (Lipinski definition) is 0. The van der Waals surface area contributed by atoms with E-state index in [0.717, 1.165) is 30.6 Å². The molecule has 2 fully saturated rings. The largest absolute Gasteiger partial charge is 0.247 e. The standard InChI is InChI=1S/C16H29F/c1-2-3-4-13-5-7-14(8-6-13)15-9-11-16(17)12-10-15/h13-16H,2-12H2,1H3. The van der Waals surface area contributed by atoms with Gasteiger partial charge in [-0.05, 0) is 56.3 Å². The number of halogens is 1. The Morgan fingerprint density at radius 2 is 1.35 bits per heavy atom. The van der Waals surface area contributed by atoms with Crippen molar-refractivity contribution in [3.8, 4) is 0 Å². The first kappa shape index (κ1) is 13.4. The van der Waals surface area contributed by atoms with E-state index in [4.69, 9.17) is 0 Å². The molecule has 100 valence electrons. The number of rotatable bonds is 4. The van der Waals surface area contributed by atoms with Crippen LogP contribution in [-0.4, -0.2) is 6.17 Å². The van der Waals surface area contributed by atoms with E-state index < -0.39 is 6.17 Å². The van der Waals surface area contributed by atoms with Crippen LogP contribution in [0.15, 0.2) is 0 Å². The fourth-order valence-electron chi connectivity index (χ4n) is 3.99. The Kier molecular flexibility index (Phi) is 5.31. The van der Waals surface area contributed by atoms with Crippen LogP contribution < -0.4 is 0 Å². The van der Waals surface area contributed by atoms with Gasteiger partial charge in [0, 0.05) is 0 Å². The Labute approximate surface area is 106 Å². The second-order valence-electron chi connectivity index (χ2n) is 6.44. The molecule has 0 saturated heterocycles. The molecule has 0 aromatic carbocycles. The molecule has 2 aliphatic carbocycles. The fourth-order valence-corrected chi connectivity index (χ4v) is 3.99. The van der Waals surface area contributed by atoms with Gasteiger partial charge in [-0.2, -0.15) is 0 Å². The first-order valence-electron chi connectivity index (χ1n) is 7.93. The van der Waals surface area contributed by atoms with Crippen molar-refractivity contribution in [3.05, 3.63) is 0 Å². The van der Waals surface area contributed by atoms with Crippen LogP contribution in [0.4, 0.5) is 4.39 Å². The van der Waals surface area contributed by atoms with E-state index in [9.17, 15) is 4.39 Å². The molecular formula is C16H29F. The van der Waals surface area contributed by atoms with Gasteiger partial charge in [-0.3, -0.25) is 0 Å².